The third kappa shape index (κ3) is 4.30. The van der Waals surface area contributed by atoms with E-state index in [0.717, 1.165) is 10.0 Å². The van der Waals surface area contributed by atoms with E-state index < -0.39 is 12.1 Å². The molecule has 1 aromatic carbocycles. The summed E-state index contributed by atoms with van der Waals surface area (Å²) in [7, 11) is 1.66. The van der Waals surface area contributed by atoms with Gasteiger partial charge in [-0.05, 0) is 24.7 Å². The van der Waals surface area contributed by atoms with E-state index >= 15 is 0 Å². The molecule has 0 fully saturated rings. The van der Waals surface area contributed by atoms with Crippen molar-refractivity contribution in [3.8, 4) is 0 Å². The summed E-state index contributed by atoms with van der Waals surface area (Å²) in [6.45, 7) is 0.224. The number of hydrogen-bond acceptors (Lipinski definition) is 3. The first-order valence-corrected chi connectivity index (χ1v) is 5.62. The molecule has 1 rings (SSSR count). The molecule has 1 unspecified atom stereocenters. The summed E-state index contributed by atoms with van der Waals surface area (Å²) in [5.74, 6) is -0.898. The molecule has 1 aromatic rings. The van der Waals surface area contributed by atoms with Crippen molar-refractivity contribution in [1.29, 1.82) is 0 Å². The molecule has 0 radical (unpaired) electrons. The summed E-state index contributed by atoms with van der Waals surface area (Å²) in [5.41, 5.74) is 0.778. The molecule has 1 atom stereocenters. The Morgan fingerprint density at radius 2 is 2.00 bits per heavy atom. The predicted octanol–water partition coefficient (Wildman–Crippen LogP) is 1.50. The lowest BCUT2D eigenvalue weighted by atomic mass is 10.1. The highest BCUT2D eigenvalue weighted by Crippen LogP contribution is 2.17. The Morgan fingerprint density at radius 1 is 1.44 bits per heavy atom. The number of aliphatic carboxylic acids is 1. The second kappa shape index (κ2) is 5.98. The third-order valence-electron chi connectivity index (χ3n) is 2.14. The summed E-state index contributed by atoms with van der Waals surface area (Å²) in [6, 6.07) is 7.30. The van der Waals surface area contributed by atoms with Gasteiger partial charge < -0.3 is 10.2 Å². The van der Waals surface area contributed by atoms with Crippen LogP contribution in [-0.2, 0) is 4.79 Å². The van der Waals surface area contributed by atoms with E-state index in [0.29, 0.717) is 6.54 Å². The average Bonchev–Trinajstić information content (AvgIpc) is 2.16. The molecule has 2 N–H and O–H groups in total. The maximum Gasteiger partial charge on any atom is 0.317 e. The summed E-state index contributed by atoms with van der Waals surface area (Å²) < 4.78 is 0.947. The van der Waals surface area contributed by atoms with Crippen LogP contribution >= 0.6 is 15.9 Å². The number of halogens is 1. The number of carboxylic acid groups (broad SMARTS) is 1. The van der Waals surface area contributed by atoms with Crippen LogP contribution in [0.3, 0.4) is 0 Å². The molecule has 0 aromatic heterocycles. The van der Waals surface area contributed by atoms with Crippen LogP contribution in [0.25, 0.3) is 0 Å². The van der Waals surface area contributed by atoms with Crippen LogP contribution in [-0.4, -0.2) is 41.2 Å². The van der Waals surface area contributed by atoms with Crippen LogP contribution in [0.5, 0.6) is 0 Å². The highest BCUT2D eigenvalue weighted by Gasteiger charge is 2.12. The van der Waals surface area contributed by atoms with Crippen LogP contribution in [0.2, 0.25) is 0 Å². The van der Waals surface area contributed by atoms with Gasteiger partial charge >= 0.3 is 5.97 Å². The van der Waals surface area contributed by atoms with Crippen molar-refractivity contribution >= 4 is 21.9 Å². The molecule has 0 saturated heterocycles. The monoisotopic (exact) mass is 287 g/mol. The molecular weight excluding hydrogens is 274 g/mol. The number of benzene rings is 1. The van der Waals surface area contributed by atoms with Crippen LogP contribution in [0.15, 0.2) is 28.7 Å². The van der Waals surface area contributed by atoms with E-state index in [-0.39, 0.29) is 6.54 Å². The van der Waals surface area contributed by atoms with Crippen LogP contribution < -0.4 is 0 Å². The normalized spacial score (nSPS) is 12.8. The van der Waals surface area contributed by atoms with Crippen molar-refractivity contribution in [3.05, 3.63) is 34.3 Å². The van der Waals surface area contributed by atoms with Gasteiger partial charge in [0.15, 0.2) is 0 Å². The average molecular weight is 288 g/mol. The van der Waals surface area contributed by atoms with Gasteiger partial charge in [0.25, 0.3) is 0 Å². The first-order valence-electron chi connectivity index (χ1n) is 4.83. The lowest BCUT2D eigenvalue weighted by molar-refractivity contribution is -0.138. The van der Waals surface area contributed by atoms with Gasteiger partial charge in [-0.2, -0.15) is 0 Å². The first kappa shape index (κ1) is 13.2. The molecule has 0 heterocycles. The largest absolute Gasteiger partial charge is 0.480 e. The van der Waals surface area contributed by atoms with Crippen LogP contribution in [0.1, 0.15) is 11.7 Å². The topological polar surface area (TPSA) is 60.8 Å². The molecule has 0 saturated carbocycles. The first-order chi connectivity index (χ1) is 7.49. The zero-order valence-electron chi connectivity index (χ0n) is 8.93. The van der Waals surface area contributed by atoms with Gasteiger partial charge in [0.2, 0.25) is 0 Å². The zero-order chi connectivity index (χ0) is 12.1. The number of carbonyl (C=O) groups is 1. The fourth-order valence-electron chi connectivity index (χ4n) is 1.38. The van der Waals surface area contributed by atoms with Gasteiger partial charge in [-0.25, -0.2) is 0 Å². The van der Waals surface area contributed by atoms with E-state index in [9.17, 15) is 9.90 Å². The Balaban J connectivity index is 2.54. The van der Waals surface area contributed by atoms with Gasteiger partial charge in [0, 0.05) is 11.0 Å². The van der Waals surface area contributed by atoms with Gasteiger partial charge in [0.05, 0.1) is 12.6 Å². The van der Waals surface area contributed by atoms with Gasteiger partial charge in [-0.1, -0.05) is 28.1 Å². The molecule has 16 heavy (non-hydrogen) atoms. The Kier molecular flexibility index (Phi) is 4.92. The Morgan fingerprint density at radius 3 is 2.50 bits per heavy atom. The lowest BCUT2D eigenvalue weighted by Gasteiger charge is -2.18. The zero-order valence-corrected chi connectivity index (χ0v) is 10.5. The molecule has 0 aliphatic rings. The molecule has 88 valence electrons. The van der Waals surface area contributed by atoms with Gasteiger partial charge in [-0.15, -0.1) is 0 Å². The molecule has 0 spiro atoms. The SMILES string of the molecule is CN(CC(=O)O)CC(O)c1ccc(Br)cc1. The number of hydrogen-bond donors (Lipinski definition) is 2. The summed E-state index contributed by atoms with van der Waals surface area (Å²) in [4.78, 5) is 12.0. The van der Waals surface area contributed by atoms with Crippen molar-refractivity contribution in [1.82, 2.24) is 4.90 Å². The van der Waals surface area contributed by atoms with Crippen molar-refractivity contribution in [3.63, 3.8) is 0 Å². The number of carboxylic acids is 1. The van der Waals surface area contributed by atoms with E-state index in [1.807, 2.05) is 24.3 Å². The number of likely N-dealkylation sites (N-methyl/N-ethyl adjacent to an activating group) is 1. The Bertz CT molecular complexity index is 353. The number of aliphatic hydroxyl groups excluding tert-OH is 1. The number of rotatable bonds is 5. The van der Waals surface area contributed by atoms with E-state index in [1.54, 1.807) is 11.9 Å². The van der Waals surface area contributed by atoms with Gasteiger partial charge in [-0.3, -0.25) is 9.69 Å². The molecule has 4 nitrogen and oxygen atoms in total. The van der Waals surface area contributed by atoms with Crippen molar-refractivity contribution in [2.75, 3.05) is 20.1 Å². The lowest BCUT2D eigenvalue weighted by Crippen LogP contribution is -2.29. The van der Waals surface area contributed by atoms with Crippen molar-refractivity contribution < 1.29 is 15.0 Å². The molecule has 0 aliphatic heterocycles. The highest BCUT2D eigenvalue weighted by atomic mass is 79.9. The summed E-state index contributed by atoms with van der Waals surface area (Å²) in [6.07, 6.45) is -0.669. The van der Waals surface area contributed by atoms with Crippen LogP contribution in [0.4, 0.5) is 0 Å². The predicted molar refractivity (Wildman–Crippen MR) is 64.2 cm³/mol. The maximum absolute atomic E-state index is 10.4. The second-order valence-electron chi connectivity index (χ2n) is 3.66. The molecule has 0 amide bonds. The van der Waals surface area contributed by atoms with E-state index in [1.165, 1.54) is 0 Å². The second-order valence-corrected chi connectivity index (χ2v) is 4.57. The minimum absolute atomic E-state index is 0.0758. The standard InChI is InChI=1S/C11H14BrNO3/c1-13(7-11(15)16)6-10(14)8-2-4-9(12)5-3-8/h2-5,10,14H,6-7H2,1H3,(H,15,16). The molecule has 0 aliphatic carbocycles. The number of nitrogens with zero attached hydrogens (tertiary/aromatic N) is 1. The fourth-order valence-corrected chi connectivity index (χ4v) is 1.65. The maximum atomic E-state index is 10.4. The molecule has 5 heteroatoms. The van der Waals surface area contributed by atoms with E-state index in [4.69, 9.17) is 5.11 Å². The Hall–Kier alpha value is -0.910. The van der Waals surface area contributed by atoms with Crippen molar-refractivity contribution in [2.45, 2.75) is 6.10 Å². The Labute approximate surface area is 103 Å². The highest BCUT2D eigenvalue weighted by molar-refractivity contribution is 9.10. The minimum atomic E-state index is -0.898. The van der Waals surface area contributed by atoms with E-state index in [2.05, 4.69) is 15.9 Å². The fraction of sp³-hybridized carbons (Fsp3) is 0.364. The summed E-state index contributed by atoms with van der Waals surface area (Å²) >= 11 is 3.31. The smallest absolute Gasteiger partial charge is 0.317 e. The van der Waals surface area contributed by atoms with Gasteiger partial charge in [0.1, 0.15) is 0 Å². The molecular formula is C11H14BrNO3. The number of aliphatic hydroxyl groups is 1. The quantitative estimate of drug-likeness (QED) is 0.862. The van der Waals surface area contributed by atoms with Crippen LogP contribution in [0, 0.1) is 0 Å². The summed E-state index contributed by atoms with van der Waals surface area (Å²) in [5, 5.41) is 18.4. The minimum Gasteiger partial charge on any atom is -0.480 e. The molecule has 0 bridgehead atoms. The third-order valence-corrected chi connectivity index (χ3v) is 2.67. The van der Waals surface area contributed by atoms with Crippen molar-refractivity contribution in [2.24, 2.45) is 0 Å².